The van der Waals surface area contributed by atoms with Gasteiger partial charge in [0.05, 0.1) is 16.6 Å². The zero-order valence-corrected chi connectivity index (χ0v) is 20.7. The van der Waals surface area contributed by atoms with Crippen molar-refractivity contribution < 1.29 is 14.1 Å². The quantitative estimate of drug-likeness (QED) is 0.313. The minimum atomic E-state index is -0.427. The second-order valence-corrected chi connectivity index (χ2v) is 9.02. The van der Waals surface area contributed by atoms with Crippen LogP contribution >= 0.6 is 27.5 Å². The fraction of sp³-hybridized carbons (Fsp3) is 0.208. The Hall–Kier alpha value is -3.10. The van der Waals surface area contributed by atoms with Gasteiger partial charge in [-0.15, -0.1) is 0 Å². The number of hydrogen-bond acceptors (Lipinski definition) is 5. The first-order chi connectivity index (χ1) is 15.8. The number of nitrogens with zero attached hydrogens (tertiary/aromatic N) is 3. The number of carbonyl (C=O) groups excluding carboxylic acids is 1. The van der Waals surface area contributed by atoms with Crippen LogP contribution in [-0.4, -0.2) is 20.8 Å². The predicted octanol–water partition coefficient (Wildman–Crippen LogP) is 6.09. The number of benzene rings is 2. The highest BCUT2D eigenvalue weighted by atomic mass is 79.9. The maximum absolute atomic E-state index is 13.0. The third-order valence-corrected chi connectivity index (χ3v) is 5.95. The fourth-order valence-corrected chi connectivity index (χ4v) is 3.80. The van der Waals surface area contributed by atoms with Crippen molar-refractivity contribution in [1.29, 1.82) is 0 Å². The number of aromatic nitrogens is 3. The third-order valence-electron chi connectivity index (χ3n) is 5.12. The van der Waals surface area contributed by atoms with Crippen LogP contribution in [0.4, 0.5) is 5.82 Å². The summed E-state index contributed by atoms with van der Waals surface area (Å²) in [5.41, 5.74) is 3.89. The van der Waals surface area contributed by atoms with E-state index in [9.17, 15) is 4.79 Å². The second kappa shape index (κ2) is 9.80. The Kier molecular flexibility index (Phi) is 6.85. The monoisotopic (exact) mass is 528 g/mol. The van der Waals surface area contributed by atoms with E-state index in [1.807, 2.05) is 56.3 Å². The molecule has 1 amide bonds. The molecule has 0 saturated heterocycles. The van der Waals surface area contributed by atoms with Crippen molar-refractivity contribution in [2.24, 2.45) is 0 Å². The standard InChI is InChI=1S/C24H22BrClN4O3/c1-14-4-5-15(2)21(10-14)32-13-19-16(3)33-29-22(19)24(31)27-23-20(25)12-30(28-23)11-17-6-8-18(26)9-7-17/h4-10,12H,11,13H2,1-3H3,(H,27,28,31). The Morgan fingerprint density at radius 2 is 1.94 bits per heavy atom. The molecular formula is C24H22BrClN4O3. The molecule has 170 valence electrons. The molecule has 33 heavy (non-hydrogen) atoms. The summed E-state index contributed by atoms with van der Waals surface area (Å²) in [5, 5.41) is 11.9. The Morgan fingerprint density at radius 1 is 1.18 bits per heavy atom. The van der Waals surface area contributed by atoms with Gasteiger partial charge in [-0.1, -0.05) is 41.0 Å². The molecule has 0 fully saturated rings. The van der Waals surface area contributed by atoms with Crippen molar-refractivity contribution in [3.05, 3.63) is 91.9 Å². The third kappa shape index (κ3) is 5.46. The lowest BCUT2D eigenvalue weighted by atomic mass is 10.1. The minimum absolute atomic E-state index is 0.161. The molecule has 2 aromatic carbocycles. The lowest BCUT2D eigenvalue weighted by molar-refractivity contribution is 0.101. The van der Waals surface area contributed by atoms with Crippen LogP contribution in [0.15, 0.2) is 57.7 Å². The molecule has 0 aliphatic heterocycles. The number of carbonyl (C=O) groups is 1. The zero-order valence-electron chi connectivity index (χ0n) is 18.4. The van der Waals surface area contributed by atoms with Crippen molar-refractivity contribution in [3.63, 3.8) is 0 Å². The van der Waals surface area contributed by atoms with Crippen molar-refractivity contribution >= 4 is 39.3 Å². The van der Waals surface area contributed by atoms with Gasteiger partial charge in [0.25, 0.3) is 5.91 Å². The van der Waals surface area contributed by atoms with Gasteiger partial charge in [0.1, 0.15) is 18.1 Å². The molecule has 0 unspecified atom stereocenters. The largest absolute Gasteiger partial charge is 0.488 e. The van der Waals surface area contributed by atoms with Crippen molar-refractivity contribution in [3.8, 4) is 5.75 Å². The predicted molar refractivity (Wildman–Crippen MR) is 130 cm³/mol. The molecule has 0 bridgehead atoms. The van der Waals surface area contributed by atoms with E-state index in [1.165, 1.54) is 0 Å². The van der Waals surface area contributed by atoms with Gasteiger partial charge < -0.3 is 14.6 Å². The summed E-state index contributed by atoms with van der Waals surface area (Å²) in [5.74, 6) is 1.24. The van der Waals surface area contributed by atoms with Crippen molar-refractivity contribution in [1.82, 2.24) is 14.9 Å². The summed E-state index contributed by atoms with van der Waals surface area (Å²) in [6, 6.07) is 13.5. The molecule has 7 nitrogen and oxygen atoms in total. The Balaban J connectivity index is 1.47. The molecular weight excluding hydrogens is 508 g/mol. The van der Waals surface area contributed by atoms with E-state index in [-0.39, 0.29) is 12.3 Å². The molecule has 0 saturated carbocycles. The Bertz CT molecular complexity index is 1300. The van der Waals surface area contributed by atoms with Crippen LogP contribution in [0.25, 0.3) is 0 Å². The highest BCUT2D eigenvalue weighted by molar-refractivity contribution is 9.10. The fourth-order valence-electron chi connectivity index (χ4n) is 3.26. The van der Waals surface area contributed by atoms with Gasteiger partial charge in [0, 0.05) is 11.2 Å². The maximum atomic E-state index is 13.0. The topological polar surface area (TPSA) is 82.2 Å². The number of ether oxygens (including phenoxy) is 1. The molecule has 2 heterocycles. The first kappa shape index (κ1) is 23.1. The highest BCUT2D eigenvalue weighted by Crippen LogP contribution is 2.25. The van der Waals surface area contributed by atoms with Crippen LogP contribution in [0, 0.1) is 20.8 Å². The van der Waals surface area contributed by atoms with Gasteiger partial charge in [0.15, 0.2) is 11.5 Å². The molecule has 4 aromatic rings. The van der Waals surface area contributed by atoms with E-state index in [0.29, 0.717) is 33.2 Å². The first-order valence-electron chi connectivity index (χ1n) is 10.2. The molecule has 0 atom stereocenters. The number of hydrogen-bond donors (Lipinski definition) is 1. The van der Waals surface area contributed by atoms with E-state index in [4.69, 9.17) is 20.9 Å². The van der Waals surface area contributed by atoms with Crippen LogP contribution in [0.3, 0.4) is 0 Å². The normalized spacial score (nSPS) is 10.9. The van der Waals surface area contributed by atoms with E-state index >= 15 is 0 Å². The number of aryl methyl sites for hydroxylation is 3. The maximum Gasteiger partial charge on any atom is 0.279 e. The summed E-state index contributed by atoms with van der Waals surface area (Å²) in [6.45, 7) is 6.42. The molecule has 9 heteroatoms. The average Bonchev–Trinajstić information content (AvgIpc) is 3.32. The van der Waals surface area contributed by atoms with Gasteiger partial charge in [-0.2, -0.15) is 5.10 Å². The highest BCUT2D eigenvalue weighted by Gasteiger charge is 2.22. The van der Waals surface area contributed by atoms with Crippen LogP contribution in [0.5, 0.6) is 5.75 Å². The molecule has 1 N–H and O–H groups in total. The average molecular weight is 530 g/mol. The van der Waals surface area contributed by atoms with Crippen molar-refractivity contribution in [2.75, 3.05) is 5.32 Å². The molecule has 0 radical (unpaired) electrons. The number of halogens is 2. The SMILES string of the molecule is Cc1ccc(C)c(OCc2c(C(=O)Nc3nn(Cc4ccc(Cl)cc4)cc3Br)noc2C)c1. The molecule has 2 aromatic heterocycles. The number of anilines is 1. The molecule has 4 rings (SSSR count). The summed E-state index contributed by atoms with van der Waals surface area (Å²) >= 11 is 9.40. The first-order valence-corrected chi connectivity index (χ1v) is 11.4. The Morgan fingerprint density at radius 3 is 2.70 bits per heavy atom. The van der Waals surface area contributed by atoms with Crippen LogP contribution in [0.2, 0.25) is 5.02 Å². The summed E-state index contributed by atoms with van der Waals surface area (Å²) in [7, 11) is 0. The van der Waals surface area contributed by atoms with Gasteiger partial charge >= 0.3 is 0 Å². The second-order valence-electron chi connectivity index (χ2n) is 7.73. The van der Waals surface area contributed by atoms with E-state index in [1.54, 1.807) is 17.8 Å². The van der Waals surface area contributed by atoms with Crippen LogP contribution in [0.1, 0.15) is 38.5 Å². The minimum Gasteiger partial charge on any atom is -0.488 e. The zero-order chi connectivity index (χ0) is 23.5. The number of rotatable bonds is 7. The lowest BCUT2D eigenvalue weighted by Gasteiger charge is -2.10. The van der Waals surface area contributed by atoms with Crippen LogP contribution in [-0.2, 0) is 13.2 Å². The van der Waals surface area contributed by atoms with E-state index in [2.05, 4.69) is 31.5 Å². The van der Waals surface area contributed by atoms with E-state index in [0.717, 1.165) is 22.4 Å². The summed E-state index contributed by atoms with van der Waals surface area (Å²) in [6.07, 6.45) is 1.79. The lowest BCUT2D eigenvalue weighted by Crippen LogP contribution is -2.16. The summed E-state index contributed by atoms with van der Waals surface area (Å²) in [4.78, 5) is 13.0. The van der Waals surface area contributed by atoms with Gasteiger partial charge in [-0.3, -0.25) is 9.48 Å². The smallest absolute Gasteiger partial charge is 0.279 e. The van der Waals surface area contributed by atoms with Crippen LogP contribution < -0.4 is 10.1 Å². The number of nitrogens with one attached hydrogen (secondary N) is 1. The Labute approximate surface area is 204 Å². The number of amides is 1. The van der Waals surface area contributed by atoms with Gasteiger partial charge in [-0.25, -0.2) is 0 Å². The van der Waals surface area contributed by atoms with Crippen molar-refractivity contribution in [2.45, 2.75) is 33.9 Å². The molecule has 0 aliphatic rings. The van der Waals surface area contributed by atoms with Gasteiger partial charge in [-0.05, 0) is 71.6 Å². The molecule has 0 spiro atoms. The molecule has 0 aliphatic carbocycles. The van der Waals surface area contributed by atoms with E-state index < -0.39 is 5.91 Å². The van der Waals surface area contributed by atoms with Gasteiger partial charge in [0.2, 0.25) is 0 Å². The summed E-state index contributed by atoms with van der Waals surface area (Å²) < 4.78 is 13.6.